The lowest BCUT2D eigenvalue weighted by Gasteiger charge is -2.12. The predicted octanol–water partition coefficient (Wildman–Crippen LogP) is 4.89. The van der Waals surface area contributed by atoms with E-state index >= 15 is 0 Å². The Kier molecular flexibility index (Phi) is 5.37. The van der Waals surface area contributed by atoms with Gasteiger partial charge in [-0.25, -0.2) is 9.78 Å². The van der Waals surface area contributed by atoms with Crippen LogP contribution in [0.1, 0.15) is 22.5 Å². The molecule has 0 aliphatic carbocycles. The molecule has 0 bridgehead atoms. The maximum Gasteiger partial charge on any atom is 0.329 e. The Hall–Kier alpha value is -3.09. The quantitative estimate of drug-likeness (QED) is 0.463. The van der Waals surface area contributed by atoms with Crippen LogP contribution in [-0.2, 0) is 11.3 Å². The molecule has 2 aromatic heterocycles. The molecule has 0 radical (unpaired) electrons. The minimum atomic E-state index is -0.476. The Morgan fingerprint density at radius 1 is 1.07 bits per heavy atom. The zero-order valence-corrected chi connectivity index (χ0v) is 17.8. The third kappa shape index (κ3) is 3.72. The van der Waals surface area contributed by atoms with Crippen LogP contribution in [0.25, 0.3) is 11.9 Å². The van der Waals surface area contributed by atoms with Crippen molar-refractivity contribution in [3.8, 4) is 5.82 Å². The largest absolute Gasteiger partial charge is 0.329 e. The summed E-state index contributed by atoms with van der Waals surface area (Å²) in [4.78, 5) is 30.8. The van der Waals surface area contributed by atoms with Crippen LogP contribution in [-0.4, -0.2) is 26.4 Å². The molecule has 3 aromatic rings. The van der Waals surface area contributed by atoms with Crippen molar-refractivity contribution in [2.24, 2.45) is 0 Å². The van der Waals surface area contributed by atoms with Crippen LogP contribution in [0.4, 0.5) is 4.79 Å². The number of benzene rings is 1. The summed E-state index contributed by atoms with van der Waals surface area (Å²) in [5.74, 6) is 0.397. The zero-order chi connectivity index (χ0) is 21.4. The smallest absolute Gasteiger partial charge is 0.303 e. The zero-order valence-electron chi connectivity index (χ0n) is 16.3. The second-order valence-corrected chi connectivity index (χ2v) is 7.79. The Morgan fingerprint density at radius 3 is 2.57 bits per heavy atom. The highest BCUT2D eigenvalue weighted by Gasteiger charge is 2.33. The summed E-state index contributed by atoms with van der Waals surface area (Å²) in [5, 5.41) is 3.45. The lowest BCUT2D eigenvalue weighted by Crippen LogP contribution is -2.30. The van der Waals surface area contributed by atoms with Gasteiger partial charge in [-0.05, 0) is 61.4 Å². The number of urea groups is 1. The van der Waals surface area contributed by atoms with Crippen LogP contribution >= 0.6 is 23.2 Å². The molecule has 0 atom stereocenters. The monoisotopic (exact) mass is 440 g/mol. The van der Waals surface area contributed by atoms with Gasteiger partial charge < -0.3 is 9.88 Å². The van der Waals surface area contributed by atoms with E-state index in [1.165, 1.54) is 0 Å². The Balaban J connectivity index is 1.62. The predicted molar refractivity (Wildman–Crippen MR) is 117 cm³/mol. The summed E-state index contributed by atoms with van der Waals surface area (Å²) in [6.45, 7) is 4.02. The first-order valence-corrected chi connectivity index (χ1v) is 9.99. The number of pyridine rings is 1. The van der Waals surface area contributed by atoms with Gasteiger partial charge in [-0.3, -0.25) is 9.69 Å². The van der Waals surface area contributed by atoms with Gasteiger partial charge >= 0.3 is 6.03 Å². The second kappa shape index (κ2) is 7.97. The summed E-state index contributed by atoms with van der Waals surface area (Å²) in [5.41, 5.74) is 3.66. The molecule has 4 rings (SSSR count). The van der Waals surface area contributed by atoms with Crippen molar-refractivity contribution in [2.45, 2.75) is 20.4 Å². The highest BCUT2D eigenvalue weighted by Crippen LogP contribution is 2.26. The molecule has 0 unspecified atom stereocenters. The van der Waals surface area contributed by atoms with Crippen LogP contribution in [0.5, 0.6) is 0 Å². The van der Waals surface area contributed by atoms with Crippen LogP contribution in [0.15, 0.2) is 54.4 Å². The fourth-order valence-corrected chi connectivity index (χ4v) is 3.78. The molecular weight excluding hydrogens is 423 g/mol. The molecule has 1 fully saturated rings. The number of amides is 3. The molecule has 0 spiro atoms. The number of hydrogen-bond acceptors (Lipinski definition) is 3. The van der Waals surface area contributed by atoms with Crippen molar-refractivity contribution in [2.75, 3.05) is 0 Å². The highest BCUT2D eigenvalue weighted by atomic mass is 35.5. The van der Waals surface area contributed by atoms with E-state index in [2.05, 4.69) is 10.3 Å². The third-order valence-corrected chi connectivity index (χ3v) is 5.67. The molecule has 1 aromatic carbocycles. The standard InChI is InChI=1S/C22H18Cl2N4O2/c1-13-9-16(14(2)28(13)20-5-3-4-8-25-20)11-19-21(29)27(22(30)26-19)12-15-6-7-17(23)18(24)10-15/h3-11H,12H2,1-2H3,(H,26,30)/b19-11-. The summed E-state index contributed by atoms with van der Waals surface area (Å²) in [6.07, 6.45) is 3.42. The third-order valence-electron chi connectivity index (χ3n) is 4.94. The maximum atomic E-state index is 12.8. The Morgan fingerprint density at radius 2 is 1.87 bits per heavy atom. The number of imide groups is 1. The number of aryl methyl sites for hydroxylation is 1. The van der Waals surface area contributed by atoms with Crippen molar-refractivity contribution in [1.82, 2.24) is 19.8 Å². The van der Waals surface area contributed by atoms with E-state index in [0.717, 1.165) is 27.7 Å². The second-order valence-electron chi connectivity index (χ2n) is 6.98. The number of carbonyl (C=O) groups excluding carboxylic acids is 2. The van der Waals surface area contributed by atoms with Gasteiger partial charge in [0.15, 0.2) is 0 Å². The number of rotatable bonds is 4. The molecule has 8 heteroatoms. The molecule has 30 heavy (non-hydrogen) atoms. The van der Waals surface area contributed by atoms with E-state index in [0.29, 0.717) is 15.6 Å². The SMILES string of the molecule is Cc1cc(/C=C2\NC(=O)N(Cc3ccc(Cl)c(Cl)c3)C2=O)c(C)n1-c1ccccn1. The van der Waals surface area contributed by atoms with Gasteiger partial charge in [-0.2, -0.15) is 0 Å². The summed E-state index contributed by atoms with van der Waals surface area (Å²) in [7, 11) is 0. The fraction of sp³-hybridized carbons (Fsp3) is 0.136. The van der Waals surface area contributed by atoms with E-state index in [4.69, 9.17) is 23.2 Å². The summed E-state index contributed by atoms with van der Waals surface area (Å²) >= 11 is 12.0. The number of aromatic nitrogens is 2. The average Bonchev–Trinajstić information content (AvgIpc) is 3.15. The van der Waals surface area contributed by atoms with Crippen molar-refractivity contribution in [1.29, 1.82) is 0 Å². The van der Waals surface area contributed by atoms with E-state index in [1.54, 1.807) is 30.5 Å². The lowest BCUT2D eigenvalue weighted by molar-refractivity contribution is -0.123. The van der Waals surface area contributed by atoms with Crippen LogP contribution in [0, 0.1) is 13.8 Å². The topological polar surface area (TPSA) is 67.2 Å². The van der Waals surface area contributed by atoms with Crippen molar-refractivity contribution in [3.63, 3.8) is 0 Å². The number of carbonyl (C=O) groups is 2. The Labute approximate surface area is 183 Å². The number of halogens is 2. The van der Waals surface area contributed by atoms with E-state index in [-0.39, 0.29) is 12.2 Å². The molecule has 1 saturated heterocycles. The minimum absolute atomic E-state index is 0.103. The van der Waals surface area contributed by atoms with Crippen LogP contribution < -0.4 is 5.32 Å². The number of nitrogens with zero attached hydrogens (tertiary/aromatic N) is 3. The van der Waals surface area contributed by atoms with Gasteiger partial charge in [0.1, 0.15) is 11.5 Å². The van der Waals surface area contributed by atoms with Gasteiger partial charge in [0, 0.05) is 17.6 Å². The van der Waals surface area contributed by atoms with E-state index in [1.807, 2.05) is 42.7 Å². The van der Waals surface area contributed by atoms with Gasteiger partial charge in [0.2, 0.25) is 0 Å². The molecule has 0 saturated carbocycles. The maximum absolute atomic E-state index is 12.8. The van der Waals surface area contributed by atoms with Crippen molar-refractivity contribution in [3.05, 3.63) is 86.9 Å². The molecule has 6 nitrogen and oxygen atoms in total. The van der Waals surface area contributed by atoms with Gasteiger partial charge in [0.25, 0.3) is 5.91 Å². The molecule has 1 aliphatic rings. The minimum Gasteiger partial charge on any atom is -0.303 e. The van der Waals surface area contributed by atoms with Crippen molar-refractivity contribution < 1.29 is 9.59 Å². The van der Waals surface area contributed by atoms with Gasteiger partial charge in [-0.1, -0.05) is 35.3 Å². The molecule has 3 amide bonds. The normalized spacial score (nSPS) is 15.2. The first-order chi connectivity index (χ1) is 14.3. The fourth-order valence-electron chi connectivity index (χ4n) is 3.46. The summed E-state index contributed by atoms with van der Waals surface area (Å²) in [6, 6.07) is 12.2. The highest BCUT2D eigenvalue weighted by molar-refractivity contribution is 6.42. The van der Waals surface area contributed by atoms with Gasteiger partial charge in [0.05, 0.1) is 16.6 Å². The van der Waals surface area contributed by atoms with Crippen LogP contribution in [0.2, 0.25) is 10.0 Å². The first-order valence-electron chi connectivity index (χ1n) is 9.24. The van der Waals surface area contributed by atoms with E-state index in [9.17, 15) is 9.59 Å². The molecule has 1 N–H and O–H groups in total. The number of nitrogens with one attached hydrogen (secondary N) is 1. The van der Waals surface area contributed by atoms with Crippen LogP contribution in [0.3, 0.4) is 0 Å². The molecule has 1 aliphatic heterocycles. The number of hydrogen-bond donors (Lipinski definition) is 1. The van der Waals surface area contributed by atoms with Gasteiger partial charge in [-0.15, -0.1) is 0 Å². The molecule has 3 heterocycles. The molecule has 152 valence electrons. The molecular formula is C22H18Cl2N4O2. The Bertz CT molecular complexity index is 1190. The van der Waals surface area contributed by atoms with E-state index < -0.39 is 11.9 Å². The summed E-state index contributed by atoms with van der Waals surface area (Å²) < 4.78 is 2.00. The average molecular weight is 441 g/mol. The first kappa shape index (κ1) is 20.2. The lowest BCUT2D eigenvalue weighted by atomic mass is 10.2. The van der Waals surface area contributed by atoms with Crippen molar-refractivity contribution >= 4 is 41.2 Å².